The summed E-state index contributed by atoms with van der Waals surface area (Å²) in [5, 5.41) is 10.2. The zero-order valence-corrected chi connectivity index (χ0v) is 18.3. The molecule has 2 aliphatic heterocycles. The molecule has 2 heterocycles. The molecule has 1 saturated carbocycles. The van der Waals surface area contributed by atoms with Gasteiger partial charge in [0.05, 0.1) is 29.1 Å². The van der Waals surface area contributed by atoms with E-state index in [1.807, 2.05) is 0 Å². The van der Waals surface area contributed by atoms with Gasteiger partial charge in [-0.25, -0.2) is 0 Å². The highest BCUT2D eigenvalue weighted by atomic mass is 79.9. The lowest BCUT2D eigenvalue weighted by Crippen LogP contribution is -2.39. The number of carbonyl (C=O) groups excluding carboxylic acids is 2. The minimum absolute atomic E-state index is 0.00606. The van der Waals surface area contributed by atoms with Gasteiger partial charge in [-0.05, 0) is 59.3 Å². The van der Waals surface area contributed by atoms with Crippen LogP contribution in [0.5, 0.6) is 11.5 Å². The molecule has 29 heavy (non-hydrogen) atoms. The highest BCUT2D eigenvalue weighted by Gasteiger charge is 2.51. The molecule has 0 aromatic heterocycles. The number of carbonyl (C=O) groups is 2. The summed E-state index contributed by atoms with van der Waals surface area (Å²) in [5.74, 6) is 0.170. The largest absolute Gasteiger partial charge is 0.503 e. The van der Waals surface area contributed by atoms with Crippen molar-refractivity contribution in [2.24, 2.45) is 5.92 Å². The molecule has 0 saturated heterocycles. The van der Waals surface area contributed by atoms with E-state index in [0.717, 1.165) is 44.1 Å². The maximum absolute atomic E-state index is 13.5. The number of fused-ring (bicyclic) bond motifs is 1. The molecule has 0 spiro atoms. The number of rotatable bonds is 5. The number of hydrogen-bond acceptors (Lipinski definition) is 5. The van der Waals surface area contributed by atoms with Crippen molar-refractivity contribution in [2.75, 3.05) is 13.7 Å². The van der Waals surface area contributed by atoms with Crippen LogP contribution in [0.1, 0.15) is 57.1 Å². The van der Waals surface area contributed by atoms with Crippen LogP contribution in [0.25, 0.3) is 0 Å². The molecule has 0 radical (unpaired) electrons. The molecule has 1 aromatic carbocycles. The molecule has 1 aromatic rings. The average Bonchev–Trinajstić information content (AvgIpc) is 3.00. The van der Waals surface area contributed by atoms with Crippen molar-refractivity contribution in [3.63, 3.8) is 0 Å². The van der Waals surface area contributed by atoms with E-state index in [1.165, 1.54) is 7.11 Å². The summed E-state index contributed by atoms with van der Waals surface area (Å²) < 4.78 is 11.9. The van der Waals surface area contributed by atoms with Crippen molar-refractivity contribution < 1.29 is 24.2 Å². The molecule has 1 N–H and O–H groups in total. The first kappa shape index (κ1) is 20.3. The molecular formula is C22H26BrNO5. The number of amides is 1. The quantitative estimate of drug-likeness (QED) is 0.705. The maximum atomic E-state index is 13.5. The fraction of sp³-hybridized carbons (Fsp3) is 0.545. The summed E-state index contributed by atoms with van der Waals surface area (Å²) in [6, 6.07) is 2.93. The molecule has 156 valence electrons. The summed E-state index contributed by atoms with van der Waals surface area (Å²) in [4.78, 5) is 28.5. The third-order valence-electron chi connectivity index (χ3n) is 6.20. The van der Waals surface area contributed by atoms with Crippen molar-refractivity contribution in [1.29, 1.82) is 0 Å². The number of Topliss-reactive ketones (excluding diaryl/α,β-unsaturated/α-hetero) is 1. The lowest BCUT2D eigenvalue weighted by molar-refractivity contribution is -0.135. The van der Waals surface area contributed by atoms with E-state index in [1.54, 1.807) is 17.0 Å². The zero-order valence-electron chi connectivity index (χ0n) is 16.7. The van der Waals surface area contributed by atoms with Gasteiger partial charge in [-0.3, -0.25) is 9.59 Å². The molecule has 3 unspecified atom stereocenters. The Bertz CT molecular complexity index is 880. The van der Waals surface area contributed by atoms with E-state index in [0.29, 0.717) is 22.3 Å². The molecule has 1 aliphatic carbocycles. The van der Waals surface area contributed by atoms with E-state index >= 15 is 0 Å². The van der Waals surface area contributed by atoms with E-state index in [-0.39, 0.29) is 35.2 Å². The van der Waals surface area contributed by atoms with Crippen LogP contribution in [0.15, 0.2) is 27.9 Å². The minimum Gasteiger partial charge on any atom is -0.503 e. The van der Waals surface area contributed by atoms with Gasteiger partial charge in [-0.15, -0.1) is 0 Å². The van der Waals surface area contributed by atoms with Gasteiger partial charge in [0, 0.05) is 6.54 Å². The van der Waals surface area contributed by atoms with Gasteiger partial charge in [0.1, 0.15) is 6.10 Å². The summed E-state index contributed by atoms with van der Waals surface area (Å²) in [6.07, 6.45) is 5.24. The molecule has 4 rings (SSSR count). The van der Waals surface area contributed by atoms with Gasteiger partial charge in [0.25, 0.3) is 5.91 Å². The van der Waals surface area contributed by atoms with E-state index in [4.69, 9.17) is 9.47 Å². The lowest BCUT2D eigenvalue weighted by Gasteiger charge is -2.35. The second-order valence-corrected chi connectivity index (χ2v) is 8.82. The smallest absolute Gasteiger partial charge is 0.290 e. The number of aromatic hydroxyl groups is 1. The van der Waals surface area contributed by atoms with Crippen LogP contribution in [0.4, 0.5) is 0 Å². The third-order valence-corrected chi connectivity index (χ3v) is 6.80. The van der Waals surface area contributed by atoms with Crippen LogP contribution < -0.4 is 4.74 Å². The first-order valence-corrected chi connectivity index (χ1v) is 11.1. The van der Waals surface area contributed by atoms with Gasteiger partial charge in [0.2, 0.25) is 0 Å². The predicted octanol–water partition coefficient (Wildman–Crippen LogP) is 4.26. The SMILES string of the molecule is CCCCN1C(=O)C2=C(C(=O)C3CCCCC3O2)C1c1cc(Br)c(O)c(OC)c1. The second kappa shape index (κ2) is 8.01. The van der Waals surface area contributed by atoms with Gasteiger partial charge in [-0.1, -0.05) is 19.8 Å². The monoisotopic (exact) mass is 463 g/mol. The average molecular weight is 464 g/mol. The van der Waals surface area contributed by atoms with E-state index in [9.17, 15) is 14.7 Å². The number of halogens is 1. The Morgan fingerprint density at radius 3 is 2.76 bits per heavy atom. The predicted molar refractivity (Wildman–Crippen MR) is 111 cm³/mol. The van der Waals surface area contributed by atoms with Crippen molar-refractivity contribution in [2.45, 2.75) is 57.6 Å². The van der Waals surface area contributed by atoms with Crippen molar-refractivity contribution in [3.05, 3.63) is 33.5 Å². The van der Waals surface area contributed by atoms with Crippen molar-refractivity contribution in [3.8, 4) is 11.5 Å². The van der Waals surface area contributed by atoms with Crippen molar-refractivity contribution >= 4 is 27.6 Å². The fourth-order valence-electron chi connectivity index (χ4n) is 4.71. The molecule has 3 aliphatic rings. The number of ether oxygens (including phenoxy) is 2. The molecule has 1 amide bonds. The fourth-order valence-corrected chi connectivity index (χ4v) is 5.17. The molecular weight excluding hydrogens is 438 g/mol. The summed E-state index contributed by atoms with van der Waals surface area (Å²) in [5.41, 5.74) is 1.20. The molecule has 0 bridgehead atoms. The van der Waals surface area contributed by atoms with Crippen LogP contribution in [0.3, 0.4) is 0 Å². The Morgan fingerprint density at radius 2 is 2.03 bits per heavy atom. The number of unbranched alkanes of at least 4 members (excludes halogenated alkanes) is 1. The Labute approximate surface area is 179 Å². The second-order valence-electron chi connectivity index (χ2n) is 7.96. The number of methoxy groups -OCH3 is 1. The third kappa shape index (κ3) is 3.33. The number of phenols is 1. The Balaban J connectivity index is 1.82. The molecule has 7 heteroatoms. The van der Waals surface area contributed by atoms with Gasteiger partial charge in [0.15, 0.2) is 23.0 Å². The van der Waals surface area contributed by atoms with Crippen molar-refractivity contribution in [1.82, 2.24) is 4.90 Å². The van der Waals surface area contributed by atoms with E-state index in [2.05, 4.69) is 22.9 Å². The van der Waals surface area contributed by atoms with Crippen LogP contribution in [-0.4, -0.2) is 41.5 Å². The maximum Gasteiger partial charge on any atom is 0.290 e. The lowest BCUT2D eigenvalue weighted by atomic mass is 9.77. The van der Waals surface area contributed by atoms with Crippen LogP contribution in [0.2, 0.25) is 0 Å². The first-order valence-electron chi connectivity index (χ1n) is 10.3. The van der Waals surface area contributed by atoms with Gasteiger partial charge < -0.3 is 19.5 Å². The zero-order chi connectivity index (χ0) is 20.7. The first-order chi connectivity index (χ1) is 14.0. The number of nitrogens with zero attached hydrogens (tertiary/aromatic N) is 1. The molecule has 3 atom stereocenters. The number of ketones is 1. The standard InChI is InChI=1S/C22H26BrNO5/c1-3-4-9-24-18(12-10-14(23)20(26)16(11-12)28-2)17-19(25)13-7-5-6-8-15(13)29-21(17)22(24)27/h10-11,13,15,18,26H,3-9H2,1-2H3. The van der Waals surface area contributed by atoms with Crippen LogP contribution in [0, 0.1) is 5.92 Å². The highest BCUT2D eigenvalue weighted by molar-refractivity contribution is 9.10. The van der Waals surface area contributed by atoms with Gasteiger partial charge in [-0.2, -0.15) is 0 Å². The minimum atomic E-state index is -0.523. The highest BCUT2D eigenvalue weighted by Crippen LogP contribution is 2.48. The topological polar surface area (TPSA) is 76.1 Å². The summed E-state index contributed by atoms with van der Waals surface area (Å²) in [7, 11) is 1.48. The Kier molecular flexibility index (Phi) is 5.60. The van der Waals surface area contributed by atoms with E-state index < -0.39 is 6.04 Å². The normalized spacial score (nSPS) is 26.3. The van der Waals surface area contributed by atoms with Crippen LogP contribution in [-0.2, 0) is 14.3 Å². The number of phenolic OH excluding ortho intramolecular Hbond substituents is 1. The Morgan fingerprint density at radius 1 is 1.28 bits per heavy atom. The Hall–Kier alpha value is -2.02. The number of benzene rings is 1. The number of hydrogen-bond donors (Lipinski definition) is 1. The van der Waals surface area contributed by atoms with Gasteiger partial charge >= 0.3 is 0 Å². The molecule has 6 nitrogen and oxygen atoms in total. The molecule has 1 fully saturated rings. The van der Waals surface area contributed by atoms with Crippen LogP contribution >= 0.6 is 15.9 Å². The summed E-state index contributed by atoms with van der Waals surface area (Å²) in [6.45, 7) is 2.61. The summed E-state index contributed by atoms with van der Waals surface area (Å²) >= 11 is 3.37.